The minimum Gasteiger partial charge on any atom is -0.330 e. The molecule has 0 spiro atoms. The third kappa shape index (κ3) is 3.21. The molecule has 1 aliphatic heterocycles. The first kappa shape index (κ1) is 12.9. The number of nitrogens with zero attached hydrogens (tertiary/aromatic N) is 1. The topological polar surface area (TPSA) is 29.3 Å². The third-order valence-corrected chi connectivity index (χ3v) is 3.98. The molecule has 94 valence electrons. The van der Waals surface area contributed by atoms with Crippen molar-refractivity contribution in [1.82, 2.24) is 4.90 Å². The lowest BCUT2D eigenvalue weighted by Crippen LogP contribution is -2.29. The molecular formula is C14H21ClN2. The van der Waals surface area contributed by atoms with Crippen LogP contribution in [0.4, 0.5) is 0 Å². The number of nitrogens with two attached hydrogens (primary N) is 1. The van der Waals surface area contributed by atoms with E-state index >= 15 is 0 Å². The van der Waals surface area contributed by atoms with Gasteiger partial charge in [0, 0.05) is 5.02 Å². The van der Waals surface area contributed by atoms with Crippen LogP contribution in [0.3, 0.4) is 0 Å². The van der Waals surface area contributed by atoms with Crippen LogP contribution in [-0.4, -0.2) is 31.6 Å². The zero-order chi connectivity index (χ0) is 12.3. The van der Waals surface area contributed by atoms with E-state index in [0.717, 1.165) is 11.4 Å². The third-order valence-electron chi connectivity index (χ3n) is 3.66. The molecular weight excluding hydrogens is 232 g/mol. The van der Waals surface area contributed by atoms with Gasteiger partial charge in [-0.3, -0.25) is 0 Å². The zero-order valence-corrected chi connectivity index (χ0v) is 11.2. The van der Waals surface area contributed by atoms with Crippen LogP contribution in [0.2, 0.25) is 5.02 Å². The highest BCUT2D eigenvalue weighted by atomic mass is 35.5. The van der Waals surface area contributed by atoms with Gasteiger partial charge in [0.05, 0.1) is 0 Å². The van der Waals surface area contributed by atoms with E-state index in [1.807, 2.05) is 0 Å². The summed E-state index contributed by atoms with van der Waals surface area (Å²) in [6, 6.07) is 6.46. The first-order valence-corrected chi connectivity index (χ1v) is 6.75. The first-order chi connectivity index (χ1) is 8.20. The van der Waals surface area contributed by atoms with Crippen LogP contribution >= 0.6 is 11.6 Å². The number of hydrogen-bond donors (Lipinski definition) is 1. The fourth-order valence-corrected chi connectivity index (χ4v) is 2.90. The van der Waals surface area contributed by atoms with E-state index in [1.54, 1.807) is 0 Å². The lowest BCUT2D eigenvalue weighted by atomic mass is 9.89. The Bertz CT molecular complexity index is 370. The average molecular weight is 253 g/mol. The number of halogens is 1. The Morgan fingerprint density at radius 3 is 2.65 bits per heavy atom. The number of benzene rings is 1. The van der Waals surface area contributed by atoms with Gasteiger partial charge in [0.1, 0.15) is 0 Å². The smallest absolute Gasteiger partial charge is 0.0443 e. The molecule has 0 aromatic heterocycles. The molecule has 0 radical (unpaired) electrons. The molecule has 17 heavy (non-hydrogen) atoms. The monoisotopic (exact) mass is 252 g/mol. The molecule has 3 heteroatoms. The number of piperidine rings is 1. The van der Waals surface area contributed by atoms with Gasteiger partial charge in [0.15, 0.2) is 0 Å². The van der Waals surface area contributed by atoms with Crippen molar-refractivity contribution in [2.75, 3.05) is 26.7 Å². The summed E-state index contributed by atoms with van der Waals surface area (Å²) >= 11 is 6.38. The van der Waals surface area contributed by atoms with Gasteiger partial charge in [-0.05, 0) is 69.1 Å². The minimum absolute atomic E-state index is 0.630. The Morgan fingerprint density at radius 2 is 2.06 bits per heavy atom. The molecule has 2 rings (SSSR count). The van der Waals surface area contributed by atoms with E-state index in [9.17, 15) is 0 Å². The second-order valence-electron chi connectivity index (χ2n) is 4.97. The molecule has 0 unspecified atom stereocenters. The lowest BCUT2D eigenvalue weighted by Gasteiger charge is -2.29. The van der Waals surface area contributed by atoms with Gasteiger partial charge >= 0.3 is 0 Å². The van der Waals surface area contributed by atoms with Crippen LogP contribution in [0.25, 0.3) is 0 Å². The second kappa shape index (κ2) is 5.85. The summed E-state index contributed by atoms with van der Waals surface area (Å²) in [6.07, 6.45) is 3.34. The normalized spacial score (nSPS) is 18.5. The van der Waals surface area contributed by atoms with Crippen molar-refractivity contribution >= 4 is 11.6 Å². The SMILES string of the molecule is CN1CCC(c2ccc(CCN)cc2Cl)CC1. The van der Waals surface area contributed by atoms with Crippen LogP contribution in [0.1, 0.15) is 29.9 Å². The van der Waals surface area contributed by atoms with Gasteiger partial charge in [0.2, 0.25) is 0 Å². The summed E-state index contributed by atoms with van der Waals surface area (Å²) in [4.78, 5) is 2.38. The van der Waals surface area contributed by atoms with E-state index in [4.69, 9.17) is 17.3 Å². The standard InChI is InChI=1S/C14H21ClN2/c1-17-8-5-12(6-9-17)13-3-2-11(4-7-16)10-14(13)15/h2-3,10,12H,4-9,16H2,1H3. The molecule has 0 aliphatic carbocycles. The predicted molar refractivity (Wildman–Crippen MR) is 73.7 cm³/mol. The summed E-state index contributed by atoms with van der Waals surface area (Å²) < 4.78 is 0. The van der Waals surface area contributed by atoms with E-state index in [2.05, 4.69) is 30.1 Å². The highest BCUT2D eigenvalue weighted by molar-refractivity contribution is 6.31. The molecule has 1 saturated heterocycles. The Morgan fingerprint density at radius 1 is 1.35 bits per heavy atom. The maximum Gasteiger partial charge on any atom is 0.0443 e. The summed E-state index contributed by atoms with van der Waals surface area (Å²) in [6.45, 7) is 3.03. The van der Waals surface area contributed by atoms with Crippen molar-refractivity contribution in [1.29, 1.82) is 0 Å². The fraction of sp³-hybridized carbons (Fsp3) is 0.571. The lowest BCUT2D eigenvalue weighted by molar-refractivity contribution is 0.255. The molecule has 2 N–H and O–H groups in total. The summed E-state index contributed by atoms with van der Waals surface area (Å²) in [7, 11) is 2.18. The maximum absolute atomic E-state index is 6.38. The fourth-order valence-electron chi connectivity index (χ4n) is 2.54. The average Bonchev–Trinajstić information content (AvgIpc) is 2.31. The van der Waals surface area contributed by atoms with E-state index in [-0.39, 0.29) is 0 Å². The molecule has 2 nitrogen and oxygen atoms in total. The van der Waals surface area contributed by atoms with Crippen molar-refractivity contribution < 1.29 is 0 Å². The predicted octanol–water partition coefficient (Wildman–Crippen LogP) is 2.65. The van der Waals surface area contributed by atoms with Crippen LogP contribution < -0.4 is 5.73 Å². The van der Waals surface area contributed by atoms with Crippen molar-refractivity contribution in [2.45, 2.75) is 25.2 Å². The van der Waals surface area contributed by atoms with Gasteiger partial charge in [0.25, 0.3) is 0 Å². The summed E-state index contributed by atoms with van der Waals surface area (Å²) in [5.74, 6) is 0.630. The van der Waals surface area contributed by atoms with Crippen molar-refractivity contribution in [3.63, 3.8) is 0 Å². The van der Waals surface area contributed by atoms with Crippen LogP contribution in [0.15, 0.2) is 18.2 Å². The van der Waals surface area contributed by atoms with Gasteiger partial charge in [-0.2, -0.15) is 0 Å². The van der Waals surface area contributed by atoms with E-state index in [1.165, 1.54) is 37.1 Å². The molecule has 0 amide bonds. The van der Waals surface area contributed by atoms with E-state index < -0.39 is 0 Å². The molecule has 0 saturated carbocycles. The molecule has 1 aliphatic rings. The largest absolute Gasteiger partial charge is 0.330 e. The van der Waals surface area contributed by atoms with Crippen molar-refractivity contribution in [3.05, 3.63) is 34.3 Å². The van der Waals surface area contributed by atoms with Gasteiger partial charge in [-0.1, -0.05) is 23.7 Å². The van der Waals surface area contributed by atoms with E-state index in [0.29, 0.717) is 12.5 Å². The number of likely N-dealkylation sites (tertiary alicyclic amines) is 1. The summed E-state index contributed by atoms with van der Waals surface area (Å²) in [5, 5.41) is 0.922. The molecule has 1 aromatic rings. The Labute approximate surface area is 109 Å². The molecule has 1 aromatic carbocycles. The molecule has 0 atom stereocenters. The van der Waals surface area contributed by atoms with Gasteiger partial charge in [-0.25, -0.2) is 0 Å². The highest BCUT2D eigenvalue weighted by Gasteiger charge is 2.20. The number of rotatable bonds is 3. The van der Waals surface area contributed by atoms with Crippen LogP contribution in [0.5, 0.6) is 0 Å². The van der Waals surface area contributed by atoms with Crippen molar-refractivity contribution in [2.24, 2.45) is 5.73 Å². The first-order valence-electron chi connectivity index (χ1n) is 6.37. The molecule has 0 bridgehead atoms. The maximum atomic E-state index is 6.38. The Kier molecular flexibility index (Phi) is 4.43. The Hall–Kier alpha value is -0.570. The zero-order valence-electron chi connectivity index (χ0n) is 10.5. The van der Waals surface area contributed by atoms with Gasteiger partial charge in [-0.15, -0.1) is 0 Å². The number of hydrogen-bond acceptors (Lipinski definition) is 2. The summed E-state index contributed by atoms with van der Waals surface area (Å²) in [5.41, 5.74) is 8.12. The van der Waals surface area contributed by atoms with Gasteiger partial charge < -0.3 is 10.6 Å². The van der Waals surface area contributed by atoms with Crippen molar-refractivity contribution in [3.8, 4) is 0 Å². The quantitative estimate of drug-likeness (QED) is 0.896. The molecule has 1 heterocycles. The molecule has 1 fully saturated rings. The highest BCUT2D eigenvalue weighted by Crippen LogP contribution is 2.32. The van der Waals surface area contributed by atoms with Crippen LogP contribution in [-0.2, 0) is 6.42 Å². The minimum atomic E-state index is 0.630. The Balaban J connectivity index is 2.10. The second-order valence-corrected chi connectivity index (χ2v) is 5.38. The van der Waals surface area contributed by atoms with Crippen LogP contribution in [0, 0.1) is 0 Å².